The Balaban J connectivity index is 2.79. The van der Waals surface area contributed by atoms with Crippen molar-refractivity contribution in [2.45, 2.75) is 58.1 Å². The topological polar surface area (TPSA) is 75.7 Å². The second kappa shape index (κ2) is 7.53. The SMILES string of the molecule is Cc1ccc(S(=O)(=O)N(C)C[C@@H](C)NC(=O)OC(C)(C)C)c(C)c1. The fourth-order valence-electron chi connectivity index (χ4n) is 2.29. The molecule has 0 radical (unpaired) electrons. The van der Waals surface area contributed by atoms with Crippen LogP contribution in [-0.4, -0.2) is 44.1 Å². The molecule has 1 aromatic rings. The van der Waals surface area contributed by atoms with E-state index in [2.05, 4.69) is 5.32 Å². The van der Waals surface area contributed by atoms with Crippen LogP contribution in [0.2, 0.25) is 0 Å². The van der Waals surface area contributed by atoms with Crippen molar-refractivity contribution in [2.24, 2.45) is 0 Å². The second-order valence-corrected chi connectivity index (χ2v) is 9.12. The van der Waals surface area contributed by atoms with Crippen LogP contribution in [0, 0.1) is 13.8 Å². The smallest absolute Gasteiger partial charge is 0.407 e. The summed E-state index contributed by atoms with van der Waals surface area (Å²) < 4.78 is 31.8. The number of carbonyl (C=O) groups is 1. The number of alkyl carbamates (subject to hydrolysis) is 1. The van der Waals surface area contributed by atoms with Gasteiger partial charge in [0, 0.05) is 19.6 Å². The van der Waals surface area contributed by atoms with E-state index in [0.29, 0.717) is 5.56 Å². The minimum Gasteiger partial charge on any atom is -0.444 e. The molecule has 6 nitrogen and oxygen atoms in total. The molecule has 0 fully saturated rings. The number of carbonyl (C=O) groups excluding carboxylic acids is 1. The molecule has 1 rings (SSSR count). The molecule has 0 heterocycles. The molecule has 1 atom stereocenters. The third-order valence-electron chi connectivity index (χ3n) is 3.31. The number of hydrogen-bond donors (Lipinski definition) is 1. The van der Waals surface area contributed by atoms with Gasteiger partial charge in [-0.3, -0.25) is 0 Å². The van der Waals surface area contributed by atoms with Crippen LogP contribution in [0.3, 0.4) is 0 Å². The van der Waals surface area contributed by atoms with Crippen molar-refractivity contribution in [3.05, 3.63) is 29.3 Å². The predicted molar refractivity (Wildman–Crippen MR) is 94.6 cm³/mol. The van der Waals surface area contributed by atoms with E-state index in [-0.39, 0.29) is 17.5 Å². The molecule has 0 spiro atoms. The highest BCUT2D eigenvalue weighted by molar-refractivity contribution is 7.89. The van der Waals surface area contributed by atoms with E-state index in [1.807, 2.05) is 13.0 Å². The first-order valence-electron chi connectivity index (χ1n) is 7.86. The number of sulfonamides is 1. The summed E-state index contributed by atoms with van der Waals surface area (Å²) in [4.78, 5) is 12.0. The fraction of sp³-hybridized carbons (Fsp3) is 0.588. The molecule has 1 N–H and O–H groups in total. The van der Waals surface area contributed by atoms with Gasteiger partial charge in [-0.15, -0.1) is 0 Å². The number of hydrogen-bond acceptors (Lipinski definition) is 4. The van der Waals surface area contributed by atoms with Gasteiger partial charge in [0.2, 0.25) is 10.0 Å². The van der Waals surface area contributed by atoms with E-state index in [4.69, 9.17) is 4.74 Å². The molecule has 1 amide bonds. The minimum absolute atomic E-state index is 0.148. The molecule has 0 aromatic heterocycles. The van der Waals surface area contributed by atoms with Gasteiger partial charge >= 0.3 is 6.09 Å². The van der Waals surface area contributed by atoms with Crippen LogP contribution >= 0.6 is 0 Å². The Morgan fingerprint density at radius 2 is 1.88 bits per heavy atom. The Hall–Kier alpha value is -1.60. The van der Waals surface area contributed by atoms with E-state index in [1.165, 1.54) is 11.4 Å². The number of nitrogens with zero attached hydrogens (tertiary/aromatic N) is 1. The van der Waals surface area contributed by atoms with Crippen molar-refractivity contribution in [3.8, 4) is 0 Å². The normalized spacial score (nSPS) is 13.7. The Bertz CT molecular complexity index is 693. The first-order chi connectivity index (χ1) is 10.8. The van der Waals surface area contributed by atoms with Crippen molar-refractivity contribution in [2.75, 3.05) is 13.6 Å². The van der Waals surface area contributed by atoms with E-state index < -0.39 is 21.7 Å². The molecule has 0 aliphatic carbocycles. The van der Waals surface area contributed by atoms with Crippen molar-refractivity contribution in [1.29, 1.82) is 0 Å². The zero-order chi connectivity index (χ0) is 18.7. The number of aryl methyl sites for hydroxylation is 2. The van der Waals surface area contributed by atoms with E-state index in [0.717, 1.165) is 5.56 Å². The molecular weight excluding hydrogens is 328 g/mol. The van der Waals surface area contributed by atoms with Crippen LogP contribution in [0.1, 0.15) is 38.8 Å². The van der Waals surface area contributed by atoms with Crippen LogP contribution in [-0.2, 0) is 14.8 Å². The van der Waals surface area contributed by atoms with Crippen LogP contribution in [0.4, 0.5) is 4.79 Å². The zero-order valence-electron chi connectivity index (χ0n) is 15.5. The van der Waals surface area contributed by atoms with Crippen LogP contribution < -0.4 is 5.32 Å². The molecule has 7 heteroatoms. The summed E-state index contributed by atoms with van der Waals surface area (Å²) in [6.07, 6.45) is -0.563. The highest BCUT2D eigenvalue weighted by Crippen LogP contribution is 2.20. The summed E-state index contributed by atoms with van der Waals surface area (Å²) >= 11 is 0. The third-order valence-corrected chi connectivity index (χ3v) is 5.30. The lowest BCUT2D eigenvalue weighted by Crippen LogP contribution is -2.44. The molecule has 0 unspecified atom stereocenters. The highest BCUT2D eigenvalue weighted by atomic mass is 32.2. The largest absolute Gasteiger partial charge is 0.444 e. The average molecular weight is 356 g/mol. The van der Waals surface area contributed by atoms with Crippen molar-refractivity contribution >= 4 is 16.1 Å². The van der Waals surface area contributed by atoms with Gasteiger partial charge in [-0.2, -0.15) is 4.31 Å². The number of rotatable bonds is 5. The quantitative estimate of drug-likeness (QED) is 0.880. The molecule has 0 aliphatic rings. The lowest BCUT2D eigenvalue weighted by atomic mass is 10.2. The molecule has 24 heavy (non-hydrogen) atoms. The lowest BCUT2D eigenvalue weighted by Gasteiger charge is -2.25. The Labute approximate surface area is 145 Å². The van der Waals surface area contributed by atoms with Gasteiger partial charge in [0.1, 0.15) is 5.60 Å². The van der Waals surface area contributed by atoms with Gasteiger partial charge in [0.05, 0.1) is 4.90 Å². The van der Waals surface area contributed by atoms with Crippen LogP contribution in [0.15, 0.2) is 23.1 Å². The van der Waals surface area contributed by atoms with Gasteiger partial charge in [0.25, 0.3) is 0 Å². The van der Waals surface area contributed by atoms with Gasteiger partial charge in [-0.1, -0.05) is 17.7 Å². The summed E-state index contributed by atoms with van der Waals surface area (Å²) in [5.74, 6) is 0. The summed E-state index contributed by atoms with van der Waals surface area (Å²) in [6.45, 7) is 10.9. The first-order valence-corrected chi connectivity index (χ1v) is 9.30. The van der Waals surface area contributed by atoms with Gasteiger partial charge in [-0.05, 0) is 53.2 Å². The monoisotopic (exact) mass is 356 g/mol. The number of nitrogens with one attached hydrogen (secondary N) is 1. The molecule has 1 aromatic carbocycles. The highest BCUT2D eigenvalue weighted by Gasteiger charge is 2.25. The standard InChI is InChI=1S/C17H28N2O4S/c1-12-8-9-15(13(2)10-12)24(21,22)19(7)11-14(3)18-16(20)23-17(4,5)6/h8-10,14H,11H2,1-7H3,(H,18,20)/t14-/m1/s1. The molecular formula is C17H28N2O4S. The van der Waals surface area contributed by atoms with E-state index in [1.54, 1.807) is 46.8 Å². The van der Waals surface area contributed by atoms with Gasteiger partial charge in [-0.25, -0.2) is 13.2 Å². The maximum absolute atomic E-state index is 12.7. The van der Waals surface area contributed by atoms with Crippen molar-refractivity contribution in [3.63, 3.8) is 0 Å². The summed E-state index contributed by atoms with van der Waals surface area (Å²) in [5, 5.41) is 2.65. The number of likely N-dealkylation sites (N-methyl/N-ethyl adjacent to an activating group) is 1. The average Bonchev–Trinajstić information content (AvgIpc) is 2.34. The maximum Gasteiger partial charge on any atom is 0.407 e. The maximum atomic E-state index is 12.7. The first kappa shape index (κ1) is 20.4. The third kappa shape index (κ3) is 5.79. The Morgan fingerprint density at radius 1 is 1.29 bits per heavy atom. The molecule has 136 valence electrons. The lowest BCUT2D eigenvalue weighted by molar-refractivity contribution is 0.0504. The Morgan fingerprint density at radius 3 is 2.38 bits per heavy atom. The van der Waals surface area contributed by atoms with Crippen molar-refractivity contribution < 1.29 is 17.9 Å². The second-order valence-electron chi connectivity index (χ2n) is 7.10. The molecule has 0 saturated heterocycles. The van der Waals surface area contributed by atoms with E-state index >= 15 is 0 Å². The van der Waals surface area contributed by atoms with Crippen molar-refractivity contribution in [1.82, 2.24) is 9.62 Å². The zero-order valence-corrected chi connectivity index (χ0v) is 16.3. The summed E-state index contributed by atoms with van der Waals surface area (Å²) in [5.41, 5.74) is 1.12. The van der Waals surface area contributed by atoms with Crippen LogP contribution in [0.25, 0.3) is 0 Å². The summed E-state index contributed by atoms with van der Waals surface area (Å²) in [7, 11) is -2.11. The Kier molecular flexibility index (Phi) is 6.41. The number of ether oxygens (including phenoxy) is 1. The molecule has 0 bridgehead atoms. The predicted octanol–water partition coefficient (Wildman–Crippen LogP) is 2.84. The van der Waals surface area contributed by atoms with Crippen LogP contribution in [0.5, 0.6) is 0 Å². The summed E-state index contributed by atoms with van der Waals surface area (Å²) in [6, 6.07) is 4.84. The number of benzene rings is 1. The van der Waals surface area contributed by atoms with Gasteiger partial charge in [0.15, 0.2) is 0 Å². The number of amides is 1. The minimum atomic E-state index is -3.61. The fourth-order valence-corrected chi connectivity index (χ4v) is 3.76. The molecule has 0 aliphatic heterocycles. The molecule has 0 saturated carbocycles. The van der Waals surface area contributed by atoms with E-state index in [9.17, 15) is 13.2 Å². The van der Waals surface area contributed by atoms with Gasteiger partial charge < -0.3 is 10.1 Å².